The van der Waals surface area contributed by atoms with Crippen molar-refractivity contribution in [3.05, 3.63) is 0 Å². The van der Waals surface area contributed by atoms with Gasteiger partial charge < -0.3 is 5.11 Å². The molecule has 0 spiro atoms. The number of aliphatic carboxylic acids is 1. The van der Waals surface area contributed by atoms with Crippen LogP contribution < -0.4 is 0 Å². The Balaban J connectivity index is 1.97. The van der Waals surface area contributed by atoms with Crippen molar-refractivity contribution in [3.8, 4) is 0 Å². The lowest BCUT2D eigenvalue weighted by molar-refractivity contribution is -0.143. The molecule has 4 rings (SSSR count). The minimum absolute atomic E-state index is 0.0648. The maximum absolute atomic E-state index is 10.7. The molecule has 3 atom stereocenters. The first-order chi connectivity index (χ1) is 4.79. The predicted molar refractivity (Wildman–Crippen MR) is 34.3 cm³/mol. The molecule has 4 aliphatic carbocycles. The van der Waals surface area contributed by atoms with Crippen LogP contribution in [0.25, 0.3) is 0 Å². The van der Waals surface area contributed by atoms with E-state index in [0.29, 0.717) is 11.8 Å². The molecule has 0 heterocycles. The molecule has 4 saturated carbocycles. The number of carboxylic acid groups (broad SMARTS) is 1. The second kappa shape index (κ2) is 1.25. The van der Waals surface area contributed by atoms with Gasteiger partial charge in [-0.05, 0) is 36.5 Å². The van der Waals surface area contributed by atoms with Crippen LogP contribution in [-0.4, -0.2) is 11.1 Å². The van der Waals surface area contributed by atoms with Crippen LogP contribution in [0.3, 0.4) is 0 Å². The molecular weight excluding hydrogens is 128 g/mol. The van der Waals surface area contributed by atoms with Crippen LogP contribution in [0.4, 0.5) is 0 Å². The zero-order valence-corrected chi connectivity index (χ0v) is 5.66. The van der Waals surface area contributed by atoms with Crippen molar-refractivity contribution in [2.75, 3.05) is 0 Å². The molecule has 54 valence electrons. The van der Waals surface area contributed by atoms with E-state index in [4.69, 9.17) is 5.11 Å². The predicted octanol–water partition coefficient (Wildman–Crippen LogP) is 0.973. The van der Waals surface area contributed by atoms with E-state index in [-0.39, 0.29) is 5.92 Å². The van der Waals surface area contributed by atoms with E-state index in [9.17, 15) is 4.79 Å². The lowest BCUT2D eigenvalue weighted by atomic mass is 9.99. The molecule has 0 saturated heterocycles. The third kappa shape index (κ3) is 0.360. The standard InChI is InChI=1S/C8H10O2/c9-8(10)6-3-1-4-5(2-3)7(4)6/h3-7H,1-2H2,(H,9,10). The van der Waals surface area contributed by atoms with Crippen molar-refractivity contribution in [2.24, 2.45) is 29.6 Å². The van der Waals surface area contributed by atoms with Gasteiger partial charge >= 0.3 is 5.97 Å². The minimum Gasteiger partial charge on any atom is -0.481 e. The smallest absolute Gasteiger partial charge is 0.307 e. The molecule has 4 bridgehead atoms. The lowest BCUT2D eigenvalue weighted by Crippen LogP contribution is -2.16. The van der Waals surface area contributed by atoms with Crippen molar-refractivity contribution in [2.45, 2.75) is 12.8 Å². The molecule has 0 aromatic carbocycles. The maximum Gasteiger partial charge on any atom is 0.307 e. The van der Waals surface area contributed by atoms with Crippen LogP contribution in [0.1, 0.15) is 12.8 Å². The van der Waals surface area contributed by atoms with E-state index in [1.165, 1.54) is 12.8 Å². The Morgan fingerprint density at radius 3 is 2.10 bits per heavy atom. The highest BCUT2D eigenvalue weighted by Gasteiger charge is 2.70. The summed E-state index contributed by atoms with van der Waals surface area (Å²) in [5, 5.41) is 8.81. The van der Waals surface area contributed by atoms with Crippen molar-refractivity contribution in [3.63, 3.8) is 0 Å². The van der Waals surface area contributed by atoms with Gasteiger partial charge in [-0.25, -0.2) is 0 Å². The second-order valence-corrected chi connectivity index (χ2v) is 4.00. The van der Waals surface area contributed by atoms with Gasteiger partial charge in [-0.1, -0.05) is 0 Å². The van der Waals surface area contributed by atoms with Crippen LogP contribution in [0.5, 0.6) is 0 Å². The summed E-state index contributed by atoms with van der Waals surface area (Å²) >= 11 is 0. The molecule has 0 amide bonds. The summed E-state index contributed by atoms with van der Waals surface area (Å²) in [7, 11) is 0. The average Bonchev–Trinajstić information content (AvgIpc) is 2.38. The topological polar surface area (TPSA) is 37.3 Å². The highest BCUT2D eigenvalue weighted by Crippen LogP contribution is 2.73. The molecule has 4 fully saturated rings. The summed E-state index contributed by atoms with van der Waals surface area (Å²) < 4.78 is 0. The summed E-state index contributed by atoms with van der Waals surface area (Å²) in [6.07, 6.45) is 2.46. The minimum atomic E-state index is -0.530. The number of hydrogen-bond donors (Lipinski definition) is 1. The van der Waals surface area contributed by atoms with Crippen molar-refractivity contribution >= 4 is 5.97 Å². The van der Waals surface area contributed by atoms with Crippen LogP contribution in [-0.2, 0) is 4.79 Å². The molecule has 4 aliphatic rings. The quantitative estimate of drug-likeness (QED) is 0.586. The Morgan fingerprint density at radius 2 is 1.90 bits per heavy atom. The van der Waals surface area contributed by atoms with E-state index in [1.807, 2.05) is 0 Å². The Morgan fingerprint density at radius 1 is 1.30 bits per heavy atom. The fraction of sp³-hybridized carbons (Fsp3) is 0.875. The normalized spacial score (nSPS) is 61.0. The van der Waals surface area contributed by atoms with Crippen molar-refractivity contribution in [1.82, 2.24) is 0 Å². The van der Waals surface area contributed by atoms with Gasteiger partial charge in [0.25, 0.3) is 0 Å². The maximum atomic E-state index is 10.7. The summed E-state index contributed by atoms with van der Waals surface area (Å²) in [6.45, 7) is 0. The molecule has 1 N–H and O–H groups in total. The van der Waals surface area contributed by atoms with Crippen molar-refractivity contribution in [1.29, 1.82) is 0 Å². The van der Waals surface area contributed by atoms with Crippen LogP contribution in [0.2, 0.25) is 0 Å². The van der Waals surface area contributed by atoms with Crippen LogP contribution in [0.15, 0.2) is 0 Å². The molecule has 0 radical (unpaired) electrons. The Bertz CT molecular complexity index is 197. The summed E-state index contributed by atoms with van der Waals surface area (Å²) in [5.74, 6) is 2.39. The molecular formula is C8H10O2. The zero-order valence-electron chi connectivity index (χ0n) is 5.66. The molecule has 2 heteroatoms. The number of carbonyl (C=O) groups is 1. The second-order valence-electron chi connectivity index (χ2n) is 4.00. The van der Waals surface area contributed by atoms with Gasteiger partial charge in [0.2, 0.25) is 0 Å². The van der Waals surface area contributed by atoms with Gasteiger partial charge in [-0.2, -0.15) is 0 Å². The Labute approximate surface area is 59.2 Å². The van der Waals surface area contributed by atoms with E-state index in [1.54, 1.807) is 0 Å². The van der Waals surface area contributed by atoms with Gasteiger partial charge in [-0.15, -0.1) is 0 Å². The monoisotopic (exact) mass is 138 g/mol. The molecule has 3 unspecified atom stereocenters. The Hall–Kier alpha value is -0.530. The first-order valence-electron chi connectivity index (χ1n) is 4.02. The van der Waals surface area contributed by atoms with E-state index in [2.05, 4.69) is 0 Å². The van der Waals surface area contributed by atoms with Crippen LogP contribution >= 0.6 is 0 Å². The van der Waals surface area contributed by atoms with E-state index >= 15 is 0 Å². The van der Waals surface area contributed by atoms with Gasteiger partial charge in [-0.3, -0.25) is 4.79 Å². The highest BCUT2D eigenvalue weighted by molar-refractivity contribution is 5.73. The summed E-state index contributed by atoms with van der Waals surface area (Å²) in [4.78, 5) is 10.7. The average molecular weight is 138 g/mol. The van der Waals surface area contributed by atoms with E-state index < -0.39 is 5.97 Å². The van der Waals surface area contributed by atoms with Gasteiger partial charge in [0, 0.05) is 0 Å². The lowest BCUT2D eigenvalue weighted by Gasteiger charge is -2.06. The third-order valence-corrected chi connectivity index (χ3v) is 3.76. The molecule has 0 aliphatic heterocycles. The van der Waals surface area contributed by atoms with Crippen LogP contribution in [0, 0.1) is 29.6 Å². The SMILES string of the molecule is O=C(O)C1C2CC3C(C2)C31. The molecule has 0 aromatic heterocycles. The molecule has 2 nitrogen and oxygen atoms in total. The number of rotatable bonds is 1. The first kappa shape index (κ1) is 5.16. The third-order valence-electron chi connectivity index (χ3n) is 3.76. The number of carboxylic acids is 1. The fourth-order valence-electron chi connectivity index (χ4n) is 3.44. The van der Waals surface area contributed by atoms with Gasteiger partial charge in [0.1, 0.15) is 0 Å². The fourth-order valence-corrected chi connectivity index (χ4v) is 3.44. The largest absolute Gasteiger partial charge is 0.481 e. The van der Waals surface area contributed by atoms with Crippen molar-refractivity contribution < 1.29 is 9.90 Å². The molecule has 10 heavy (non-hydrogen) atoms. The molecule has 0 aromatic rings. The highest BCUT2D eigenvalue weighted by atomic mass is 16.4. The summed E-state index contributed by atoms with van der Waals surface area (Å²) in [6, 6.07) is 0. The summed E-state index contributed by atoms with van der Waals surface area (Å²) in [5.41, 5.74) is 0. The zero-order chi connectivity index (χ0) is 6.88. The van der Waals surface area contributed by atoms with Gasteiger partial charge in [0.15, 0.2) is 0 Å². The van der Waals surface area contributed by atoms with E-state index in [0.717, 1.165) is 11.8 Å². The Kier molecular flexibility index (Phi) is 0.644. The number of hydrogen-bond acceptors (Lipinski definition) is 1. The van der Waals surface area contributed by atoms with Gasteiger partial charge in [0.05, 0.1) is 5.92 Å². The first-order valence-corrected chi connectivity index (χ1v) is 4.02.